The third-order valence-electron chi connectivity index (χ3n) is 4.61. The van der Waals surface area contributed by atoms with E-state index >= 15 is 0 Å². The zero-order valence-electron chi connectivity index (χ0n) is 16.5. The molecule has 0 aliphatic rings. The van der Waals surface area contributed by atoms with Crippen molar-refractivity contribution in [2.24, 2.45) is 0 Å². The van der Waals surface area contributed by atoms with Crippen molar-refractivity contribution < 1.29 is 9.59 Å². The number of nitrogen functional groups attached to an aromatic ring is 1. The number of nitrogens with two attached hydrogens (primary N) is 1. The highest BCUT2D eigenvalue weighted by Gasteiger charge is 2.18. The summed E-state index contributed by atoms with van der Waals surface area (Å²) in [5.41, 5.74) is 10.5. The van der Waals surface area contributed by atoms with Crippen LogP contribution in [0.3, 0.4) is 0 Å². The molecule has 0 atom stereocenters. The summed E-state index contributed by atoms with van der Waals surface area (Å²) in [6.07, 6.45) is 2.90. The summed E-state index contributed by atoms with van der Waals surface area (Å²) in [7, 11) is 0. The predicted octanol–water partition coefficient (Wildman–Crippen LogP) is 4.03. The molecular formula is C22H20N6O2. The van der Waals surface area contributed by atoms with Crippen LogP contribution in [0.15, 0.2) is 55.0 Å². The zero-order chi connectivity index (χ0) is 21.3. The fraction of sp³-hybridized carbons (Fsp3) is 0.0909. The maximum Gasteiger partial charge on any atom is 0.323 e. The number of nitrogens with zero attached hydrogens (tertiary/aromatic N) is 2. The smallest absolute Gasteiger partial charge is 0.323 e. The molecule has 0 bridgehead atoms. The number of aromatic amines is 1. The molecule has 5 N–H and O–H groups in total. The zero-order valence-corrected chi connectivity index (χ0v) is 16.5. The van der Waals surface area contributed by atoms with Crippen molar-refractivity contribution in [1.29, 1.82) is 0 Å². The molecule has 2 aromatic heterocycles. The van der Waals surface area contributed by atoms with Gasteiger partial charge in [-0.1, -0.05) is 18.2 Å². The first-order valence-electron chi connectivity index (χ1n) is 9.29. The van der Waals surface area contributed by atoms with Crippen LogP contribution in [-0.4, -0.2) is 26.8 Å². The molecule has 150 valence electrons. The van der Waals surface area contributed by atoms with Crippen molar-refractivity contribution in [3.05, 3.63) is 77.2 Å². The number of rotatable bonds is 4. The molecule has 0 saturated heterocycles. The minimum absolute atomic E-state index is 0.228. The number of carbonyl (C=O) groups excluding carboxylic acids is 2. The number of hydrogen-bond donors (Lipinski definition) is 4. The molecule has 0 aliphatic carbocycles. The summed E-state index contributed by atoms with van der Waals surface area (Å²) in [5, 5.41) is 6.05. The summed E-state index contributed by atoms with van der Waals surface area (Å²) < 4.78 is 0. The third-order valence-corrected chi connectivity index (χ3v) is 4.61. The van der Waals surface area contributed by atoms with Crippen molar-refractivity contribution >= 4 is 40.0 Å². The number of hydrogen-bond acceptors (Lipinski definition) is 5. The second kappa shape index (κ2) is 7.67. The van der Waals surface area contributed by atoms with E-state index in [1.165, 1.54) is 6.33 Å². The van der Waals surface area contributed by atoms with Gasteiger partial charge in [0.05, 0.1) is 10.9 Å². The van der Waals surface area contributed by atoms with Gasteiger partial charge >= 0.3 is 6.03 Å². The second-order valence-electron chi connectivity index (χ2n) is 7.05. The number of amides is 2. The normalized spacial score (nSPS) is 10.7. The minimum Gasteiger partial charge on any atom is -0.383 e. The second-order valence-corrected chi connectivity index (χ2v) is 7.05. The Labute approximate surface area is 172 Å². The third kappa shape index (κ3) is 3.83. The van der Waals surface area contributed by atoms with Gasteiger partial charge in [0, 0.05) is 23.1 Å². The molecule has 8 nitrogen and oxygen atoms in total. The van der Waals surface area contributed by atoms with Gasteiger partial charge in [-0.05, 0) is 49.2 Å². The van der Waals surface area contributed by atoms with Crippen molar-refractivity contribution in [3.8, 4) is 0 Å². The van der Waals surface area contributed by atoms with Gasteiger partial charge in [-0.2, -0.15) is 0 Å². The standard InChI is InChI=1S/C22H20N6O2/c1-12-6-13(2)8-16(7-12)28-22(30)27-15-5-3-4-14(9-15)19(29)17-10-24-21-18(17)20(23)25-11-26-21/h3-11H,1-2H3,(H2,27,28,30)(H3,23,24,25,26). The lowest BCUT2D eigenvalue weighted by Crippen LogP contribution is -2.19. The SMILES string of the molecule is Cc1cc(C)cc(NC(=O)Nc2cccc(C(=O)c3c[nH]c4ncnc(N)c34)c2)c1. The van der Waals surface area contributed by atoms with Gasteiger partial charge in [0.15, 0.2) is 5.78 Å². The van der Waals surface area contributed by atoms with Crippen LogP contribution in [0, 0.1) is 13.8 Å². The summed E-state index contributed by atoms with van der Waals surface area (Å²) in [5.74, 6) is -0.0205. The van der Waals surface area contributed by atoms with Crippen LogP contribution in [0.4, 0.5) is 22.0 Å². The van der Waals surface area contributed by atoms with Crippen LogP contribution in [0.1, 0.15) is 27.0 Å². The highest BCUT2D eigenvalue weighted by molar-refractivity contribution is 6.18. The molecule has 4 rings (SSSR count). The molecule has 0 spiro atoms. The Bertz CT molecular complexity index is 1260. The van der Waals surface area contributed by atoms with Gasteiger partial charge in [0.25, 0.3) is 0 Å². The lowest BCUT2D eigenvalue weighted by molar-refractivity contribution is 0.104. The highest BCUT2D eigenvalue weighted by atomic mass is 16.2. The number of anilines is 3. The van der Waals surface area contributed by atoms with Gasteiger partial charge in [-0.25, -0.2) is 14.8 Å². The Hall–Kier alpha value is -4.20. The number of aryl methyl sites for hydroxylation is 2. The number of urea groups is 1. The van der Waals surface area contributed by atoms with E-state index in [1.807, 2.05) is 32.0 Å². The summed E-state index contributed by atoms with van der Waals surface area (Å²) in [4.78, 5) is 36.4. The monoisotopic (exact) mass is 400 g/mol. The van der Waals surface area contributed by atoms with Crippen LogP contribution >= 0.6 is 0 Å². The van der Waals surface area contributed by atoms with E-state index in [0.717, 1.165) is 11.1 Å². The summed E-state index contributed by atoms with van der Waals surface area (Å²) >= 11 is 0. The maximum absolute atomic E-state index is 13.0. The van der Waals surface area contributed by atoms with Gasteiger partial charge in [-0.3, -0.25) is 4.79 Å². The molecule has 2 aromatic carbocycles. The van der Waals surface area contributed by atoms with E-state index in [2.05, 4.69) is 25.6 Å². The van der Waals surface area contributed by atoms with Crippen LogP contribution < -0.4 is 16.4 Å². The van der Waals surface area contributed by atoms with Crippen LogP contribution in [0.2, 0.25) is 0 Å². The Morgan fingerprint density at radius 3 is 2.47 bits per heavy atom. The van der Waals surface area contributed by atoms with Crippen molar-refractivity contribution in [3.63, 3.8) is 0 Å². The van der Waals surface area contributed by atoms with E-state index in [4.69, 9.17) is 5.73 Å². The number of carbonyl (C=O) groups is 2. The Kier molecular flexibility index (Phi) is 4.89. The van der Waals surface area contributed by atoms with E-state index in [9.17, 15) is 9.59 Å². The number of benzene rings is 2. The van der Waals surface area contributed by atoms with Crippen molar-refractivity contribution in [2.75, 3.05) is 16.4 Å². The van der Waals surface area contributed by atoms with E-state index in [-0.39, 0.29) is 11.6 Å². The number of nitrogens with one attached hydrogen (secondary N) is 3. The Balaban J connectivity index is 1.55. The van der Waals surface area contributed by atoms with Crippen molar-refractivity contribution in [1.82, 2.24) is 15.0 Å². The van der Waals surface area contributed by atoms with Gasteiger partial charge in [-0.15, -0.1) is 0 Å². The fourth-order valence-electron chi connectivity index (χ4n) is 3.40. The van der Waals surface area contributed by atoms with Crippen LogP contribution in [0.25, 0.3) is 11.0 Å². The molecule has 4 aromatic rings. The largest absolute Gasteiger partial charge is 0.383 e. The predicted molar refractivity (Wildman–Crippen MR) is 117 cm³/mol. The number of aromatic nitrogens is 3. The average Bonchev–Trinajstić information content (AvgIpc) is 3.12. The first-order valence-corrected chi connectivity index (χ1v) is 9.29. The molecule has 2 heterocycles. The molecule has 0 saturated carbocycles. The quantitative estimate of drug-likeness (QED) is 0.385. The molecular weight excluding hydrogens is 380 g/mol. The Morgan fingerprint density at radius 2 is 1.70 bits per heavy atom. The van der Waals surface area contributed by atoms with Gasteiger partial charge < -0.3 is 21.4 Å². The Morgan fingerprint density at radius 1 is 0.967 bits per heavy atom. The van der Waals surface area contributed by atoms with Crippen LogP contribution in [0.5, 0.6) is 0 Å². The lowest BCUT2D eigenvalue weighted by atomic mass is 10.0. The van der Waals surface area contributed by atoms with E-state index < -0.39 is 6.03 Å². The van der Waals surface area contributed by atoms with Crippen LogP contribution in [-0.2, 0) is 0 Å². The van der Waals surface area contributed by atoms with E-state index in [0.29, 0.717) is 33.5 Å². The first-order chi connectivity index (χ1) is 14.4. The molecule has 0 fully saturated rings. The molecule has 0 aliphatic heterocycles. The topological polar surface area (TPSA) is 126 Å². The fourth-order valence-corrected chi connectivity index (χ4v) is 3.40. The molecule has 30 heavy (non-hydrogen) atoms. The maximum atomic E-state index is 13.0. The molecule has 2 amide bonds. The highest BCUT2D eigenvalue weighted by Crippen LogP contribution is 2.24. The van der Waals surface area contributed by atoms with Gasteiger partial charge in [0.1, 0.15) is 17.8 Å². The van der Waals surface area contributed by atoms with Crippen molar-refractivity contribution in [2.45, 2.75) is 13.8 Å². The first kappa shape index (κ1) is 19.1. The number of ketones is 1. The minimum atomic E-state index is -0.394. The lowest BCUT2D eigenvalue weighted by Gasteiger charge is -2.10. The van der Waals surface area contributed by atoms with Gasteiger partial charge in [0.2, 0.25) is 0 Å². The molecule has 0 radical (unpaired) electrons. The number of H-pyrrole nitrogens is 1. The summed E-state index contributed by atoms with van der Waals surface area (Å²) in [6, 6.07) is 12.1. The van der Waals surface area contributed by atoms with E-state index in [1.54, 1.807) is 30.5 Å². The number of fused-ring (bicyclic) bond motifs is 1. The molecule has 8 heteroatoms. The average molecular weight is 400 g/mol. The summed E-state index contributed by atoms with van der Waals surface area (Å²) in [6.45, 7) is 3.93. The molecule has 0 unspecified atom stereocenters.